The molecule has 27 heavy (non-hydrogen) atoms. The zero-order valence-electron chi connectivity index (χ0n) is 15.9. The zero-order chi connectivity index (χ0) is 19.7. The van der Waals surface area contributed by atoms with Gasteiger partial charge in [-0.3, -0.25) is 4.79 Å². The number of ether oxygens (including phenoxy) is 1. The SMILES string of the molecule is Cc1cc(C)cc(Oc2ccc(NC(=O)C3(S(C)(=O)=O)CCCC3)cc2)c1. The normalized spacial score (nSPS) is 16.1. The number of benzene rings is 2. The Kier molecular flexibility index (Phi) is 5.29. The summed E-state index contributed by atoms with van der Waals surface area (Å²) in [6.45, 7) is 4.03. The van der Waals surface area contributed by atoms with Gasteiger partial charge >= 0.3 is 0 Å². The van der Waals surface area contributed by atoms with E-state index in [0.29, 0.717) is 24.3 Å². The molecule has 0 atom stereocenters. The molecule has 0 saturated heterocycles. The van der Waals surface area contributed by atoms with Crippen LogP contribution in [0.3, 0.4) is 0 Å². The van der Waals surface area contributed by atoms with Gasteiger partial charge in [0.05, 0.1) is 0 Å². The first kappa shape index (κ1) is 19.4. The van der Waals surface area contributed by atoms with Gasteiger partial charge in [0, 0.05) is 11.9 Å². The van der Waals surface area contributed by atoms with E-state index in [1.165, 1.54) is 0 Å². The summed E-state index contributed by atoms with van der Waals surface area (Å²) in [5, 5.41) is 2.77. The highest BCUT2D eigenvalue weighted by Gasteiger charge is 2.49. The zero-order valence-corrected chi connectivity index (χ0v) is 16.7. The molecule has 1 N–H and O–H groups in total. The Hall–Kier alpha value is -2.34. The van der Waals surface area contributed by atoms with Gasteiger partial charge in [-0.15, -0.1) is 0 Å². The van der Waals surface area contributed by atoms with Crippen molar-refractivity contribution in [1.82, 2.24) is 0 Å². The number of aryl methyl sites for hydroxylation is 2. The van der Waals surface area contributed by atoms with Gasteiger partial charge in [-0.2, -0.15) is 0 Å². The quantitative estimate of drug-likeness (QED) is 0.826. The van der Waals surface area contributed by atoms with Gasteiger partial charge in [0.25, 0.3) is 0 Å². The maximum absolute atomic E-state index is 12.7. The molecule has 0 heterocycles. The van der Waals surface area contributed by atoms with E-state index in [1.807, 2.05) is 26.0 Å². The molecule has 6 heteroatoms. The fourth-order valence-corrected chi connectivity index (χ4v) is 5.11. The fraction of sp³-hybridized carbons (Fsp3) is 0.381. The first-order valence-electron chi connectivity index (χ1n) is 9.07. The van der Waals surface area contributed by atoms with E-state index in [4.69, 9.17) is 4.74 Å². The molecule has 0 bridgehead atoms. The molecule has 2 aromatic carbocycles. The molecule has 144 valence electrons. The number of rotatable bonds is 5. The lowest BCUT2D eigenvalue weighted by atomic mass is 10.1. The molecular formula is C21H25NO4S. The van der Waals surface area contributed by atoms with Crippen LogP contribution in [0, 0.1) is 13.8 Å². The lowest BCUT2D eigenvalue weighted by Gasteiger charge is -2.25. The number of carbonyl (C=O) groups is 1. The van der Waals surface area contributed by atoms with Crippen molar-refractivity contribution >= 4 is 21.4 Å². The Balaban J connectivity index is 1.73. The lowest BCUT2D eigenvalue weighted by molar-refractivity contribution is -0.118. The highest BCUT2D eigenvalue weighted by molar-refractivity contribution is 7.92. The number of anilines is 1. The minimum atomic E-state index is -3.48. The molecule has 1 fully saturated rings. The van der Waals surface area contributed by atoms with E-state index < -0.39 is 20.5 Å². The van der Waals surface area contributed by atoms with Gasteiger partial charge in [0.2, 0.25) is 5.91 Å². The van der Waals surface area contributed by atoms with E-state index in [0.717, 1.165) is 36.0 Å². The molecule has 0 aliphatic heterocycles. The van der Waals surface area contributed by atoms with Gasteiger partial charge in [0.1, 0.15) is 11.5 Å². The second kappa shape index (κ2) is 7.35. The van der Waals surface area contributed by atoms with Crippen LogP contribution in [0.5, 0.6) is 11.5 Å². The molecule has 2 aromatic rings. The Morgan fingerprint density at radius 1 is 0.963 bits per heavy atom. The third-order valence-corrected chi connectivity index (χ3v) is 7.09. The van der Waals surface area contributed by atoms with Crippen LogP contribution >= 0.6 is 0 Å². The molecular weight excluding hydrogens is 362 g/mol. The average molecular weight is 388 g/mol. The molecule has 1 saturated carbocycles. The molecule has 0 spiro atoms. The largest absolute Gasteiger partial charge is 0.457 e. The first-order valence-corrected chi connectivity index (χ1v) is 11.0. The second-order valence-electron chi connectivity index (χ2n) is 7.38. The monoisotopic (exact) mass is 387 g/mol. The maximum Gasteiger partial charge on any atom is 0.245 e. The summed E-state index contributed by atoms with van der Waals surface area (Å²) in [4.78, 5) is 12.7. The predicted molar refractivity (Wildman–Crippen MR) is 107 cm³/mol. The van der Waals surface area contributed by atoms with E-state index in [9.17, 15) is 13.2 Å². The van der Waals surface area contributed by atoms with Gasteiger partial charge in [-0.1, -0.05) is 18.9 Å². The van der Waals surface area contributed by atoms with Gasteiger partial charge in [-0.25, -0.2) is 8.42 Å². The standard InChI is InChI=1S/C21H25NO4S/c1-15-12-16(2)14-19(13-15)26-18-8-6-17(7-9-18)22-20(23)21(27(3,24)25)10-4-5-11-21/h6-9,12-14H,4-5,10-11H2,1-3H3,(H,22,23). The van der Waals surface area contributed by atoms with Gasteiger partial charge in [0.15, 0.2) is 14.6 Å². The number of nitrogens with one attached hydrogen (secondary N) is 1. The number of sulfone groups is 1. The predicted octanol–water partition coefficient (Wildman–Crippen LogP) is 4.39. The lowest BCUT2D eigenvalue weighted by Crippen LogP contribution is -2.47. The Labute approximate surface area is 160 Å². The van der Waals surface area contributed by atoms with E-state index in [2.05, 4.69) is 11.4 Å². The summed E-state index contributed by atoms with van der Waals surface area (Å²) in [5.41, 5.74) is 2.80. The van der Waals surface area contributed by atoms with Crippen molar-refractivity contribution in [1.29, 1.82) is 0 Å². The minimum Gasteiger partial charge on any atom is -0.457 e. The summed E-state index contributed by atoms with van der Waals surface area (Å²) < 4.78 is 29.0. The first-order chi connectivity index (χ1) is 12.7. The van der Waals surface area contributed by atoms with Crippen molar-refractivity contribution in [3.63, 3.8) is 0 Å². The van der Waals surface area contributed by atoms with Crippen LogP contribution < -0.4 is 10.1 Å². The minimum absolute atomic E-state index is 0.381. The van der Waals surface area contributed by atoms with Crippen molar-refractivity contribution in [3.05, 3.63) is 53.6 Å². The highest BCUT2D eigenvalue weighted by atomic mass is 32.2. The average Bonchev–Trinajstić information content (AvgIpc) is 3.07. The fourth-order valence-electron chi connectivity index (χ4n) is 3.69. The van der Waals surface area contributed by atoms with Crippen LogP contribution in [0.1, 0.15) is 36.8 Å². The van der Waals surface area contributed by atoms with Crippen molar-refractivity contribution in [2.24, 2.45) is 0 Å². The molecule has 1 amide bonds. The molecule has 3 rings (SSSR count). The topological polar surface area (TPSA) is 72.5 Å². The third kappa shape index (κ3) is 4.16. The van der Waals surface area contributed by atoms with Crippen molar-refractivity contribution in [2.75, 3.05) is 11.6 Å². The Morgan fingerprint density at radius 3 is 2.04 bits per heavy atom. The van der Waals surface area contributed by atoms with E-state index in [1.54, 1.807) is 24.3 Å². The van der Waals surface area contributed by atoms with Crippen molar-refractivity contribution in [2.45, 2.75) is 44.3 Å². The number of amides is 1. The summed E-state index contributed by atoms with van der Waals surface area (Å²) in [7, 11) is -3.48. The Morgan fingerprint density at radius 2 is 1.52 bits per heavy atom. The number of hydrogen-bond donors (Lipinski definition) is 1. The van der Waals surface area contributed by atoms with Crippen molar-refractivity contribution < 1.29 is 17.9 Å². The van der Waals surface area contributed by atoms with Crippen molar-refractivity contribution in [3.8, 4) is 11.5 Å². The molecule has 0 aromatic heterocycles. The van der Waals surface area contributed by atoms with Gasteiger partial charge in [-0.05, 0) is 74.2 Å². The van der Waals surface area contributed by atoms with Crippen LogP contribution in [-0.4, -0.2) is 25.3 Å². The molecule has 0 radical (unpaired) electrons. The smallest absolute Gasteiger partial charge is 0.245 e. The molecule has 0 unspecified atom stereocenters. The highest BCUT2D eigenvalue weighted by Crippen LogP contribution is 2.37. The summed E-state index contributed by atoms with van der Waals surface area (Å²) in [5.74, 6) is 0.966. The second-order valence-corrected chi connectivity index (χ2v) is 9.70. The van der Waals surface area contributed by atoms with Crippen LogP contribution in [0.25, 0.3) is 0 Å². The summed E-state index contributed by atoms with van der Waals surface area (Å²) in [6.07, 6.45) is 3.42. The van der Waals surface area contributed by atoms with E-state index in [-0.39, 0.29) is 0 Å². The molecule has 1 aliphatic rings. The molecule has 1 aliphatic carbocycles. The van der Waals surface area contributed by atoms with Crippen LogP contribution in [0.2, 0.25) is 0 Å². The van der Waals surface area contributed by atoms with Crippen LogP contribution in [0.4, 0.5) is 5.69 Å². The van der Waals surface area contributed by atoms with Crippen LogP contribution in [0.15, 0.2) is 42.5 Å². The van der Waals surface area contributed by atoms with Gasteiger partial charge < -0.3 is 10.1 Å². The molecule has 5 nitrogen and oxygen atoms in total. The van der Waals surface area contributed by atoms with Crippen LogP contribution in [-0.2, 0) is 14.6 Å². The summed E-state index contributed by atoms with van der Waals surface area (Å²) >= 11 is 0. The number of carbonyl (C=O) groups excluding carboxylic acids is 1. The van der Waals surface area contributed by atoms with E-state index >= 15 is 0 Å². The third-order valence-electron chi connectivity index (χ3n) is 5.08. The maximum atomic E-state index is 12.7. The Bertz CT molecular complexity index is 922. The summed E-state index contributed by atoms with van der Waals surface area (Å²) in [6, 6.07) is 13.0. The number of hydrogen-bond acceptors (Lipinski definition) is 4.